The smallest absolute Gasteiger partial charge is 0.320 e. The highest BCUT2D eigenvalue weighted by Crippen LogP contribution is 2.54. The predicted molar refractivity (Wildman–Crippen MR) is 88.1 cm³/mol. The quantitative estimate of drug-likeness (QED) is 0.396. The van der Waals surface area contributed by atoms with E-state index in [0.717, 1.165) is 24.2 Å². The van der Waals surface area contributed by atoms with Crippen LogP contribution in [0.5, 0.6) is 0 Å². The van der Waals surface area contributed by atoms with E-state index in [4.69, 9.17) is 4.52 Å². The largest absolute Gasteiger partial charge is 0.468 e. The lowest BCUT2D eigenvalue weighted by Crippen LogP contribution is -2.20. The number of hydrogen-bond donors (Lipinski definition) is 1. The standard InChI is InChI=1S/C11H16BrINO3P/c1-8-6-9(12)4-5-10(8)17-18(3,13)14-7-11(15)16-2/h6,14H,3-5,7H2,1-2H3. The number of allylic oxidation sites excluding steroid dienone is 4. The van der Waals surface area contributed by atoms with Crippen molar-refractivity contribution >= 4 is 55.1 Å². The van der Waals surface area contributed by atoms with Gasteiger partial charge in [0.25, 0.3) is 0 Å². The number of carbonyl (C=O) groups excluding carboxylic acids is 1. The monoisotopic (exact) mass is 447 g/mol. The summed E-state index contributed by atoms with van der Waals surface area (Å²) < 4.78 is 11.7. The van der Waals surface area contributed by atoms with Gasteiger partial charge in [-0.25, -0.2) is 5.09 Å². The van der Waals surface area contributed by atoms with Crippen LogP contribution in [0.2, 0.25) is 0 Å². The molecule has 1 rings (SSSR count). The summed E-state index contributed by atoms with van der Waals surface area (Å²) in [7, 11) is 1.36. The molecule has 18 heavy (non-hydrogen) atoms. The molecule has 0 aromatic rings. The van der Waals surface area contributed by atoms with Crippen LogP contribution >= 0.6 is 42.9 Å². The van der Waals surface area contributed by atoms with Crippen molar-refractivity contribution < 1.29 is 14.1 Å². The number of halogens is 2. The lowest BCUT2D eigenvalue weighted by Gasteiger charge is -2.24. The van der Waals surface area contributed by atoms with Crippen LogP contribution in [0.4, 0.5) is 0 Å². The highest BCUT2D eigenvalue weighted by molar-refractivity contribution is 14.2. The molecule has 0 amide bonds. The Bertz CT molecular complexity index is 448. The van der Waals surface area contributed by atoms with Crippen LogP contribution < -0.4 is 5.09 Å². The van der Waals surface area contributed by atoms with E-state index in [9.17, 15) is 4.79 Å². The first-order chi connectivity index (χ1) is 8.34. The van der Waals surface area contributed by atoms with Gasteiger partial charge >= 0.3 is 5.97 Å². The van der Waals surface area contributed by atoms with Crippen LogP contribution in [0.15, 0.2) is 21.9 Å². The summed E-state index contributed by atoms with van der Waals surface area (Å²) in [6.07, 6.45) is 7.85. The molecule has 1 atom stereocenters. The number of rotatable bonds is 5. The van der Waals surface area contributed by atoms with Gasteiger partial charge in [-0.3, -0.25) is 4.79 Å². The van der Waals surface area contributed by atoms with E-state index in [0.29, 0.717) is 0 Å². The molecule has 0 bridgehead atoms. The summed E-state index contributed by atoms with van der Waals surface area (Å²) in [5.74, 6) is 0.619. The van der Waals surface area contributed by atoms with Crippen molar-refractivity contribution in [2.24, 2.45) is 0 Å². The number of hydrogen-bond acceptors (Lipinski definition) is 4. The van der Waals surface area contributed by atoms with E-state index < -0.39 is 4.91 Å². The fourth-order valence-corrected chi connectivity index (χ4v) is 4.18. The molecular weight excluding hydrogens is 432 g/mol. The van der Waals surface area contributed by atoms with Crippen molar-refractivity contribution in [1.29, 1.82) is 0 Å². The number of esters is 1. The van der Waals surface area contributed by atoms with Crippen molar-refractivity contribution in [3.63, 3.8) is 0 Å². The van der Waals surface area contributed by atoms with Gasteiger partial charge in [0.1, 0.15) is 12.3 Å². The highest BCUT2D eigenvalue weighted by Gasteiger charge is 2.18. The van der Waals surface area contributed by atoms with Crippen molar-refractivity contribution in [3.8, 4) is 0 Å². The molecule has 0 saturated heterocycles. The summed E-state index contributed by atoms with van der Waals surface area (Å²) in [5.41, 5.74) is 1.10. The predicted octanol–water partition coefficient (Wildman–Crippen LogP) is 3.74. The third-order valence-electron chi connectivity index (χ3n) is 2.35. The normalized spacial score (nSPS) is 19.0. The van der Waals surface area contributed by atoms with Crippen molar-refractivity contribution in [2.45, 2.75) is 19.8 Å². The lowest BCUT2D eigenvalue weighted by atomic mass is 10.1. The van der Waals surface area contributed by atoms with E-state index in [1.54, 1.807) is 0 Å². The molecule has 1 unspecified atom stereocenters. The van der Waals surface area contributed by atoms with E-state index in [1.165, 1.54) is 11.6 Å². The number of carbonyl (C=O) groups is 1. The maximum Gasteiger partial charge on any atom is 0.320 e. The first kappa shape index (κ1) is 16.3. The molecule has 0 heterocycles. The third kappa shape index (κ3) is 5.47. The Hall–Kier alpha value is 0.220. The minimum Gasteiger partial charge on any atom is -0.468 e. The Morgan fingerprint density at radius 1 is 1.67 bits per heavy atom. The molecule has 0 saturated carbocycles. The van der Waals surface area contributed by atoms with Gasteiger partial charge in [0.2, 0.25) is 0 Å². The first-order valence-corrected chi connectivity index (χ1v) is 10.8. The Balaban J connectivity index is 2.63. The number of ether oxygens (including phenoxy) is 1. The Labute approximate surface area is 129 Å². The summed E-state index contributed by atoms with van der Waals surface area (Å²) in [4.78, 5) is 9.01. The van der Waals surface area contributed by atoms with Gasteiger partial charge in [0, 0.05) is 28.5 Å². The number of methoxy groups -OCH3 is 1. The molecule has 0 aromatic heterocycles. The van der Waals surface area contributed by atoms with Gasteiger partial charge in [-0.15, -0.1) is 0 Å². The van der Waals surface area contributed by atoms with Crippen LogP contribution in [-0.2, 0) is 14.1 Å². The average Bonchev–Trinajstić information content (AvgIpc) is 2.30. The van der Waals surface area contributed by atoms with E-state index in [2.05, 4.69) is 60.2 Å². The van der Waals surface area contributed by atoms with Crippen LogP contribution in [0, 0.1) is 0 Å². The topological polar surface area (TPSA) is 47.6 Å². The van der Waals surface area contributed by atoms with Crippen LogP contribution in [0.3, 0.4) is 0 Å². The third-order valence-corrected chi connectivity index (χ3v) is 5.73. The van der Waals surface area contributed by atoms with Gasteiger partial charge in [-0.1, -0.05) is 15.9 Å². The first-order valence-electron chi connectivity index (χ1n) is 5.34. The van der Waals surface area contributed by atoms with Crippen LogP contribution in [-0.4, -0.2) is 25.9 Å². The molecule has 0 radical (unpaired) electrons. The average molecular weight is 448 g/mol. The zero-order chi connectivity index (χ0) is 13.8. The molecule has 102 valence electrons. The summed E-state index contributed by atoms with van der Waals surface area (Å²) in [6, 6.07) is 0. The molecular formula is C11H16BrINO3P. The molecule has 0 spiro atoms. The second-order valence-electron chi connectivity index (χ2n) is 3.85. The van der Waals surface area contributed by atoms with Gasteiger partial charge < -0.3 is 9.26 Å². The summed E-state index contributed by atoms with van der Waals surface area (Å²) in [6.45, 7) is 2.12. The Morgan fingerprint density at radius 3 is 2.89 bits per heavy atom. The lowest BCUT2D eigenvalue weighted by molar-refractivity contribution is -0.139. The Kier molecular flexibility index (Phi) is 6.44. The fourth-order valence-electron chi connectivity index (χ4n) is 1.40. The molecule has 1 N–H and O–H groups in total. The van der Waals surface area contributed by atoms with Crippen LogP contribution in [0.25, 0.3) is 0 Å². The van der Waals surface area contributed by atoms with Gasteiger partial charge in [0.05, 0.1) is 7.11 Å². The fraction of sp³-hybridized carbons (Fsp3) is 0.455. The molecule has 0 aromatic carbocycles. The second-order valence-corrected chi connectivity index (χ2v) is 11.3. The maximum absolute atomic E-state index is 11.1. The highest BCUT2D eigenvalue weighted by atomic mass is 127. The molecule has 0 fully saturated rings. The van der Waals surface area contributed by atoms with Gasteiger partial charge in [-0.2, -0.15) is 0 Å². The number of nitrogens with one attached hydrogen (secondary N) is 1. The zero-order valence-electron chi connectivity index (χ0n) is 10.3. The molecule has 0 aliphatic heterocycles. The molecule has 1 aliphatic carbocycles. The minimum atomic E-state index is -2.07. The van der Waals surface area contributed by atoms with E-state index in [-0.39, 0.29) is 12.5 Å². The van der Waals surface area contributed by atoms with E-state index >= 15 is 0 Å². The van der Waals surface area contributed by atoms with Gasteiger partial charge in [-0.05, 0) is 35.8 Å². The van der Waals surface area contributed by atoms with Crippen molar-refractivity contribution in [1.82, 2.24) is 5.09 Å². The zero-order valence-corrected chi connectivity index (χ0v) is 15.0. The van der Waals surface area contributed by atoms with Crippen molar-refractivity contribution in [3.05, 3.63) is 21.9 Å². The minimum absolute atomic E-state index is 0.114. The Morgan fingerprint density at radius 2 is 2.33 bits per heavy atom. The molecule has 4 nitrogen and oxygen atoms in total. The van der Waals surface area contributed by atoms with Crippen LogP contribution in [0.1, 0.15) is 19.8 Å². The second kappa shape index (κ2) is 7.12. The molecule has 1 aliphatic rings. The van der Waals surface area contributed by atoms with Crippen molar-refractivity contribution in [2.75, 3.05) is 13.7 Å². The maximum atomic E-state index is 11.1. The van der Waals surface area contributed by atoms with E-state index in [1.807, 2.05) is 6.92 Å². The SMILES string of the molecule is C=P(I)(NCC(=O)OC)OC1=C(C)C=C(Br)CC1. The molecule has 7 heteroatoms. The summed E-state index contributed by atoms with van der Waals surface area (Å²) in [5, 5.41) is 3.01. The van der Waals surface area contributed by atoms with Gasteiger partial charge in [0.15, 0.2) is 4.91 Å². The summed E-state index contributed by atoms with van der Waals surface area (Å²) >= 11 is 5.62.